The molecule has 1 aromatic rings. The van der Waals surface area contributed by atoms with Gasteiger partial charge < -0.3 is 10.1 Å². The van der Waals surface area contributed by atoms with Crippen LogP contribution in [0.1, 0.15) is 44.0 Å². The molecular formula is C18H28N2O3. The molecule has 128 valence electrons. The van der Waals surface area contributed by atoms with Crippen molar-refractivity contribution in [2.45, 2.75) is 39.7 Å². The standard InChI is InChI=1S/C18H28N2O3/c1-5-20(6-2)14(3)13-19-18(22)11-10-17(21)15-8-7-9-16(12-15)23-4/h7-9,12,14H,5-6,10-11,13H2,1-4H3,(H,19,22). The minimum atomic E-state index is -0.0831. The minimum absolute atomic E-state index is 0.0455. The molecule has 0 spiro atoms. The average Bonchev–Trinajstić information content (AvgIpc) is 2.58. The van der Waals surface area contributed by atoms with Crippen LogP contribution in [0.25, 0.3) is 0 Å². The molecule has 0 aromatic heterocycles. The van der Waals surface area contributed by atoms with Gasteiger partial charge in [-0.05, 0) is 32.1 Å². The van der Waals surface area contributed by atoms with E-state index in [-0.39, 0.29) is 24.5 Å². The molecule has 5 heteroatoms. The molecule has 0 aliphatic heterocycles. The molecule has 23 heavy (non-hydrogen) atoms. The lowest BCUT2D eigenvalue weighted by Crippen LogP contribution is -2.42. The topological polar surface area (TPSA) is 58.6 Å². The number of methoxy groups -OCH3 is 1. The smallest absolute Gasteiger partial charge is 0.220 e. The molecule has 1 atom stereocenters. The lowest BCUT2D eigenvalue weighted by Gasteiger charge is -2.26. The van der Waals surface area contributed by atoms with Crippen molar-refractivity contribution >= 4 is 11.7 Å². The Labute approximate surface area is 139 Å². The van der Waals surface area contributed by atoms with Gasteiger partial charge in [-0.15, -0.1) is 0 Å². The molecule has 0 bridgehead atoms. The fourth-order valence-corrected chi connectivity index (χ4v) is 2.49. The number of hydrogen-bond acceptors (Lipinski definition) is 4. The van der Waals surface area contributed by atoms with Crippen molar-refractivity contribution in [2.24, 2.45) is 0 Å². The van der Waals surface area contributed by atoms with E-state index in [1.165, 1.54) is 0 Å². The zero-order chi connectivity index (χ0) is 17.2. The summed E-state index contributed by atoms with van der Waals surface area (Å²) >= 11 is 0. The van der Waals surface area contributed by atoms with Gasteiger partial charge in [-0.25, -0.2) is 0 Å². The number of carbonyl (C=O) groups is 2. The van der Waals surface area contributed by atoms with Crippen LogP contribution in [-0.4, -0.2) is 49.4 Å². The number of ketones is 1. The third-order valence-corrected chi connectivity index (χ3v) is 4.00. The number of rotatable bonds is 10. The highest BCUT2D eigenvalue weighted by Gasteiger charge is 2.13. The van der Waals surface area contributed by atoms with Gasteiger partial charge in [0.15, 0.2) is 5.78 Å². The van der Waals surface area contributed by atoms with Crippen LogP contribution in [0.3, 0.4) is 0 Å². The number of benzene rings is 1. The molecule has 0 fully saturated rings. The summed E-state index contributed by atoms with van der Waals surface area (Å²) in [6, 6.07) is 7.30. The van der Waals surface area contributed by atoms with Crippen molar-refractivity contribution in [2.75, 3.05) is 26.7 Å². The zero-order valence-electron chi connectivity index (χ0n) is 14.6. The van der Waals surface area contributed by atoms with Crippen molar-refractivity contribution in [3.05, 3.63) is 29.8 Å². The quantitative estimate of drug-likeness (QED) is 0.673. The van der Waals surface area contributed by atoms with Gasteiger partial charge in [0.25, 0.3) is 0 Å². The zero-order valence-corrected chi connectivity index (χ0v) is 14.6. The Bertz CT molecular complexity index is 513. The number of hydrogen-bond donors (Lipinski definition) is 1. The van der Waals surface area contributed by atoms with Crippen LogP contribution in [0, 0.1) is 0 Å². The maximum absolute atomic E-state index is 12.1. The van der Waals surface area contributed by atoms with Crippen LogP contribution in [0.15, 0.2) is 24.3 Å². The number of nitrogens with one attached hydrogen (secondary N) is 1. The first-order valence-corrected chi connectivity index (χ1v) is 8.19. The second kappa shape index (κ2) is 10.0. The molecule has 0 saturated heterocycles. The Balaban J connectivity index is 2.39. The summed E-state index contributed by atoms with van der Waals surface area (Å²) in [5.41, 5.74) is 0.577. The summed E-state index contributed by atoms with van der Waals surface area (Å²) < 4.78 is 5.10. The Morgan fingerprint density at radius 1 is 1.22 bits per heavy atom. The second-order valence-electron chi connectivity index (χ2n) is 5.53. The van der Waals surface area contributed by atoms with E-state index >= 15 is 0 Å². The molecular weight excluding hydrogens is 292 g/mol. The molecule has 0 heterocycles. The Morgan fingerprint density at radius 3 is 2.52 bits per heavy atom. The monoisotopic (exact) mass is 320 g/mol. The number of amides is 1. The third kappa shape index (κ3) is 6.40. The van der Waals surface area contributed by atoms with Crippen molar-refractivity contribution in [3.8, 4) is 5.75 Å². The molecule has 5 nitrogen and oxygen atoms in total. The van der Waals surface area contributed by atoms with Gasteiger partial charge >= 0.3 is 0 Å². The molecule has 0 aliphatic carbocycles. The predicted molar refractivity (Wildman–Crippen MR) is 92.0 cm³/mol. The van der Waals surface area contributed by atoms with Crippen LogP contribution >= 0.6 is 0 Å². The van der Waals surface area contributed by atoms with Crippen LogP contribution in [0.5, 0.6) is 5.75 Å². The van der Waals surface area contributed by atoms with Crippen LogP contribution in [-0.2, 0) is 4.79 Å². The summed E-state index contributed by atoms with van der Waals surface area (Å²) in [5.74, 6) is 0.518. The Hall–Kier alpha value is -1.88. The maximum Gasteiger partial charge on any atom is 0.220 e. The predicted octanol–water partition coefficient (Wildman–Crippen LogP) is 2.50. The number of likely N-dealkylation sites (N-methyl/N-ethyl adjacent to an activating group) is 1. The molecule has 0 radical (unpaired) electrons. The normalized spacial score (nSPS) is 12.0. The second-order valence-corrected chi connectivity index (χ2v) is 5.53. The lowest BCUT2D eigenvalue weighted by molar-refractivity contribution is -0.121. The molecule has 1 unspecified atom stereocenters. The first-order chi connectivity index (χ1) is 11.0. The fraction of sp³-hybridized carbons (Fsp3) is 0.556. The third-order valence-electron chi connectivity index (χ3n) is 4.00. The molecule has 0 aliphatic rings. The summed E-state index contributed by atoms with van der Waals surface area (Å²) in [6.45, 7) is 8.83. The summed E-state index contributed by atoms with van der Waals surface area (Å²) in [5, 5.41) is 2.90. The van der Waals surface area contributed by atoms with E-state index in [1.54, 1.807) is 31.4 Å². The lowest BCUT2D eigenvalue weighted by atomic mass is 10.1. The van der Waals surface area contributed by atoms with Gasteiger partial charge in [-0.1, -0.05) is 26.0 Å². The van der Waals surface area contributed by atoms with Gasteiger partial charge in [-0.3, -0.25) is 14.5 Å². The fourth-order valence-electron chi connectivity index (χ4n) is 2.49. The summed E-state index contributed by atoms with van der Waals surface area (Å²) in [4.78, 5) is 26.3. The number of carbonyl (C=O) groups excluding carboxylic acids is 2. The van der Waals surface area contributed by atoms with Crippen molar-refractivity contribution in [3.63, 3.8) is 0 Å². The van der Waals surface area contributed by atoms with E-state index in [1.807, 2.05) is 0 Å². The van der Waals surface area contributed by atoms with Crippen LogP contribution in [0.2, 0.25) is 0 Å². The van der Waals surface area contributed by atoms with Gasteiger partial charge in [0.1, 0.15) is 5.75 Å². The van der Waals surface area contributed by atoms with Crippen molar-refractivity contribution < 1.29 is 14.3 Å². The number of ether oxygens (including phenoxy) is 1. The van der Waals surface area contributed by atoms with Crippen LogP contribution < -0.4 is 10.1 Å². The van der Waals surface area contributed by atoms with Gasteiger partial charge in [0.2, 0.25) is 5.91 Å². The van der Waals surface area contributed by atoms with Gasteiger partial charge in [-0.2, -0.15) is 0 Å². The number of nitrogens with zero attached hydrogens (tertiary/aromatic N) is 1. The van der Waals surface area contributed by atoms with Gasteiger partial charge in [0.05, 0.1) is 7.11 Å². The molecule has 0 saturated carbocycles. The summed E-state index contributed by atoms with van der Waals surface area (Å²) in [6.07, 6.45) is 0.416. The highest BCUT2D eigenvalue weighted by Crippen LogP contribution is 2.14. The highest BCUT2D eigenvalue weighted by molar-refractivity contribution is 5.98. The minimum Gasteiger partial charge on any atom is -0.497 e. The number of Topliss-reactive ketones (excluding diaryl/α,β-unsaturated/α-hetero) is 1. The summed E-state index contributed by atoms with van der Waals surface area (Å²) in [7, 11) is 1.56. The average molecular weight is 320 g/mol. The molecule has 1 amide bonds. The molecule has 1 rings (SSSR count). The van der Waals surface area contributed by atoms with E-state index in [9.17, 15) is 9.59 Å². The Kier molecular flexibility index (Phi) is 8.33. The van der Waals surface area contributed by atoms with E-state index < -0.39 is 0 Å². The largest absolute Gasteiger partial charge is 0.497 e. The molecule has 1 aromatic carbocycles. The highest BCUT2D eigenvalue weighted by atomic mass is 16.5. The van der Waals surface area contributed by atoms with E-state index in [2.05, 4.69) is 31.0 Å². The van der Waals surface area contributed by atoms with E-state index in [4.69, 9.17) is 4.74 Å². The maximum atomic E-state index is 12.1. The van der Waals surface area contributed by atoms with Gasteiger partial charge in [0, 0.05) is 31.0 Å². The van der Waals surface area contributed by atoms with E-state index in [0.717, 1.165) is 13.1 Å². The SMILES string of the molecule is CCN(CC)C(C)CNC(=O)CCC(=O)c1cccc(OC)c1. The Morgan fingerprint density at radius 2 is 1.91 bits per heavy atom. The first kappa shape index (κ1) is 19.2. The first-order valence-electron chi connectivity index (χ1n) is 8.19. The molecule has 1 N–H and O–H groups in total. The van der Waals surface area contributed by atoms with Crippen molar-refractivity contribution in [1.82, 2.24) is 10.2 Å². The van der Waals surface area contributed by atoms with Crippen LogP contribution in [0.4, 0.5) is 0 Å². The van der Waals surface area contributed by atoms with Crippen molar-refractivity contribution in [1.29, 1.82) is 0 Å². The van der Waals surface area contributed by atoms with E-state index in [0.29, 0.717) is 23.9 Å².